The molecule has 0 N–H and O–H groups in total. The average Bonchev–Trinajstić information content (AvgIpc) is 3.23. The molecule has 0 saturated carbocycles. The van der Waals surface area contributed by atoms with E-state index < -0.39 is 6.10 Å². The van der Waals surface area contributed by atoms with Gasteiger partial charge in [0.05, 0.1) is 0 Å². The minimum Gasteiger partial charge on any atom is -0.462 e. The number of unbranched alkanes of at least 4 members (excludes halogenated alkanes) is 17. The molecule has 0 bridgehead atoms. The van der Waals surface area contributed by atoms with Gasteiger partial charge in [0.15, 0.2) is 6.10 Å². The molecular weight excluding hydrogens is 733 g/mol. The Morgan fingerprint density at radius 3 is 1.07 bits per heavy atom. The molecule has 0 aliphatic carbocycles. The number of carbonyl (C=O) groups is 3. The maximum absolute atomic E-state index is 12.7. The number of ether oxygens (including phenoxy) is 3. The summed E-state index contributed by atoms with van der Waals surface area (Å²) in [6.45, 7) is 6.33. The Balaban J connectivity index is 4.40. The highest BCUT2D eigenvalue weighted by Gasteiger charge is 2.19. The zero-order chi connectivity index (χ0) is 43.0. The lowest BCUT2D eigenvalue weighted by atomic mass is 10.1. The fourth-order valence-corrected chi connectivity index (χ4v) is 6.33. The standard InChI is InChI=1S/C53H88O6/c1-4-7-10-13-16-19-22-24-25-26-27-28-29-30-32-34-37-40-43-46-52(55)58-49-50(48-57-51(54)45-42-39-36-33-21-18-15-12-9-6-3)59-53(56)47-44-41-38-35-31-23-20-17-14-11-8-5-2/h7-8,10-11,16-17,19-20,24-25,27-28,31,35,50H,4-6,9,12-15,18,21-23,26,29-30,32-34,36-49H2,1-3H3/b10-7-,11-8-,19-16-,20-17-,25-24-,28-27-,35-31-. The van der Waals surface area contributed by atoms with Crippen molar-refractivity contribution < 1.29 is 28.6 Å². The van der Waals surface area contributed by atoms with Crippen molar-refractivity contribution >= 4 is 17.9 Å². The zero-order valence-electron chi connectivity index (χ0n) is 38.2. The highest BCUT2D eigenvalue weighted by atomic mass is 16.6. The van der Waals surface area contributed by atoms with Gasteiger partial charge in [0.2, 0.25) is 0 Å². The van der Waals surface area contributed by atoms with Crippen LogP contribution in [0.15, 0.2) is 85.1 Å². The number of allylic oxidation sites excluding steroid dienone is 14. The van der Waals surface area contributed by atoms with Crippen LogP contribution in [0, 0.1) is 0 Å². The smallest absolute Gasteiger partial charge is 0.306 e. The molecule has 0 amide bonds. The van der Waals surface area contributed by atoms with Gasteiger partial charge in [0, 0.05) is 19.3 Å². The van der Waals surface area contributed by atoms with Crippen LogP contribution in [0.2, 0.25) is 0 Å². The summed E-state index contributed by atoms with van der Waals surface area (Å²) < 4.78 is 16.7. The van der Waals surface area contributed by atoms with Crippen molar-refractivity contribution in [2.24, 2.45) is 0 Å². The SMILES string of the molecule is CC/C=C\C/C=C\C/C=C\C/C=C\CCCCCCCCC(=O)OCC(COC(=O)CCCCCCCCCCCC)OC(=O)CCCC/C=C\C/C=C\C/C=C\CC. The Labute approximate surface area is 363 Å². The minimum absolute atomic E-state index is 0.0962. The van der Waals surface area contributed by atoms with Gasteiger partial charge in [-0.1, -0.05) is 189 Å². The monoisotopic (exact) mass is 821 g/mol. The summed E-state index contributed by atoms with van der Waals surface area (Å²) in [6, 6.07) is 0. The summed E-state index contributed by atoms with van der Waals surface area (Å²) in [5, 5.41) is 0. The van der Waals surface area contributed by atoms with Crippen LogP contribution in [-0.4, -0.2) is 37.2 Å². The highest BCUT2D eigenvalue weighted by molar-refractivity contribution is 5.71. The summed E-state index contributed by atoms with van der Waals surface area (Å²) in [6.07, 6.45) is 60.0. The van der Waals surface area contributed by atoms with Crippen molar-refractivity contribution in [2.45, 2.75) is 219 Å². The van der Waals surface area contributed by atoms with Crippen LogP contribution < -0.4 is 0 Å². The van der Waals surface area contributed by atoms with Crippen molar-refractivity contribution in [2.75, 3.05) is 13.2 Å². The topological polar surface area (TPSA) is 78.9 Å². The summed E-state index contributed by atoms with van der Waals surface area (Å²) in [5.41, 5.74) is 0. The Morgan fingerprint density at radius 1 is 0.356 bits per heavy atom. The molecule has 6 nitrogen and oxygen atoms in total. The Morgan fingerprint density at radius 2 is 0.661 bits per heavy atom. The number of hydrogen-bond donors (Lipinski definition) is 0. The molecule has 0 aromatic carbocycles. The Bertz CT molecular complexity index is 1170. The number of esters is 3. The normalized spacial score (nSPS) is 12.8. The predicted molar refractivity (Wildman–Crippen MR) is 251 cm³/mol. The van der Waals surface area contributed by atoms with E-state index in [1.807, 2.05) is 0 Å². The van der Waals surface area contributed by atoms with E-state index in [2.05, 4.69) is 106 Å². The van der Waals surface area contributed by atoms with Gasteiger partial charge in [-0.05, 0) is 89.9 Å². The van der Waals surface area contributed by atoms with Gasteiger partial charge in [0.25, 0.3) is 0 Å². The summed E-state index contributed by atoms with van der Waals surface area (Å²) in [7, 11) is 0. The average molecular weight is 821 g/mol. The first kappa shape index (κ1) is 55.6. The van der Waals surface area contributed by atoms with E-state index >= 15 is 0 Å². The first-order valence-corrected chi connectivity index (χ1v) is 24.1. The second-order valence-corrected chi connectivity index (χ2v) is 15.6. The fourth-order valence-electron chi connectivity index (χ4n) is 6.33. The van der Waals surface area contributed by atoms with Gasteiger partial charge in [-0.3, -0.25) is 14.4 Å². The molecule has 1 unspecified atom stereocenters. The highest BCUT2D eigenvalue weighted by Crippen LogP contribution is 2.13. The lowest BCUT2D eigenvalue weighted by molar-refractivity contribution is -0.167. The van der Waals surface area contributed by atoms with E-state index in [0.717, 1.165) is 109 Å². The van der Waals surface area contributed by atoms with Crippen LogP contribution in [0.1, 0.15) is 213 Å². The van der Waals surface area contributed by atoms with E-state index in [1.54, 1.807) is 0 Å². The molecule has 0 rings (SSSR count). The maximum atomic E-state index is 12.7. The van der Waals surface area contributed by atoms with Crippen LogP contribution in [0.5, 0.6) is 0 Å². The van der Waals surface area contributed by atoms with E-state index in [-0.39, 0.29) is 37.5 Å². The van der Waals surface area contributed by atoms with Crippen molar-refractivity contribution in [3.63, 3.8) is 0 Å². The van der Waals surface area contributed by atoms with E-state index in [1.165, 1.54) is 57.8 Å². The van der Waals surface area contributed by atoms with Gasteiger partial charge in [-0.25, -0.2) is 0 Å². The van der Waals surface area contributed by atoms with Gasteiger partial charge in [0.1, 0.15) is 13.2 Å². The lowest BCUT2D eigenvalue weighted by Crippen LogP contribution is -2.30. The van der Waals surface area contributed by atoms with Crippen molar-refractivity contribution in [3.05, 3.63) is 85.1 Å². The molecule has 0 spiro atoms. The van der Waals surface area contributed by atoms with E-state index in [4.69, 9.17) is 14.2 Å². The molecule has 0 heterocycles. The first-order chi connectivity index (χ1) is 29.0. The van der Waals surface area contributed by atoms with Crippen LogP contribution in [0.25, 0.3) is 0 Å². The molecule has 0 aliphatic rings. The first-order valence-electron chi connectivity index (χ1n) is 24.1. The quantitative estimate of drug-likeness (QED) is 0.0264. The molecule has 6 heteroatoms. The van der Waals surface area contributed by atoms with Crippen LogP contribution in [-0.2, 0) is 28.6 Å². The molecule has 59 heavy (non-hydrogen) atoms. The van der Waals surface area contributed by atoms with Crippen molar-refractivity contribution in [1.29, 1.82) is 0 Å². The molecule has 0 aromatic heterocycles. The molecule has 0 fully saturated rings. The Kier molecular flexibility index (Phi) is 44.5. The number of carbonyl (C=O) groups excluding carboxylic acids is 3. The van der Waals surface area contributed by atoms with Crippen molar-refractivity contribution in [1.82, 2.24) is 0 Å². The maximum Gasteiger partial charge on any atom is 0.306 e. The third kappa shape index (κ3) is 45.5. The van der Waals surface area contributed by atoms with E-state index in [0.29, 0.717) is 19.3 Å². The van der Waals surface area contributed by atoms with E-state index in [9.17, 15) is 14.4 Å². The second-order valence-electron chi connectivity index (χ2n) is 15.6. The number of hydrogen-bond acceptors (Lipinski definition) is 6. The van der Waals surface area contributed by atoms with Crippen LogP contribution in [0.4, 0.5) is 0 Å². The van der Waals surface area contributed by atoms with Gasteiger partial charge < -0.3 is 14.2 Å². The molecule has 0 saturated heterocycles. The molecule has 0 aliphatic heterocycles. The third-order valence-corrected chi connectivity index (χ3v) is 9.90. The molecule has 0 aromatic rings. The fraction of sp³-hybridized carbons (Fsp3) is 0.679. The summed E-state index contributed by atoms with van der Waals surface area (Å²) >= 11 is 0. The minimum atomic E-state index is -0.799. The third-order valence-electron chi connectivity index (χ3n) is 9.90. The Hall–Kier alpha value is -3.41. The van der Waals surface area contributed by atoms with Crippen LogP contribution >= 0.6 is 0 Å². The van der Waals surface area contributed by atoms with Gasteiger partial charge in [-0.15, -0.1) is 0 Å². The van der Waals surface area contributed by atoms with Crippen molar-refractivity contribution in [3.8, 4) is 0 Å². The van der Waals surface area contributed by atoms with Gasteiger partial charge in [-0.2, -0.15) is 0 Å². The summed E-state index contributed by atoms with van der Waals surface area (Å²) in [4.78, 5) is 37.8. The largest absolute Gasteiger partial charge is 0.462 e. The number of rotatable bonds is 42. The van der Waals surface area contributed by atoms with Gasteiger partial charge >= 0.3 is 17.9 Å². The molecule has 1 atom stereocenters. The zero-order valence-corrected chi connectivity index (χ0v) is 38.2. The summed E-state index contributed by atoms with van der Waals surface area (Å²) in [5.74, 6) is -0.957. The lowest BCUT2D eigenvalue weighted by Gasteiger charge is -2.18. The molecule has 0 radical (unpaired) electrons. The predicted octanol–water partition coefficient (Wildman–Crippen LogP) is 15.6. The molecular formula is C53H88O6. The van der Waals surface area contributed by atoms with Crippen LogP contribution in [0.3, 0.4) is 0 Å². The second kappa shape index (κ2) is 47.3. The molecule has 336 valence electrons.